The van der Waals surface area contributed by atoms with Gasteiger partial charge in [-0.25, -0.2) is 9.97 Å². The van der Waals surface area contributed by atoms with Crippen LogP contribution in [-0.4, -0.2) is 52.9 Å². The molecular weight excluding hydrogens is 416 g/mol. The number of para-hydroxylation sites is 1. The molecule has 0 bridgehead atoms. The largest absolute Gasteiger partial charge is 0.368 e. The highest BCUT2D eigenvalue weighted by atomic mass is 16.2. The number of amides is 2. The maximum Gasteiger partial charge on any atom is 0.227 e. The van der Waals surface area contributed by atoms with Crippen LogP contribution in [0, 0.1) is 0 Å². The van der Waals surface area contributed by atoms with E-state index in [9.17, 15) is 9.59 Å². The number of fused-ring (bicyclic) bond motifs is 1. The van der Waals surface area contributed by atoms with E-state index >= 15 is 0 Å². The summed E-state index contributed by atoms with van der Waals surface area (Å²) in [5.74, 6) is 0.589. The second-order valence-electron chi connectivity index (χ2n) is 8.26. The minimum absolute atomic E-state index is 0.00459. The smallest absolute Gasteiger partial charge is 0.227 e. The standard InChI is InChI=1S/C25H30N6O2/c1-3-4-11-23(33)28-22-10-5-7-19-17-26-25(29-24(19)22)27-20-8-6-9-21(16-20)31-14-12-30(13-15-31)18(2)32/h5-10,16-17H,3-4,11-15H2,1-2H3,(H,28,33)(H,26,27,29). The van der Waals surface area contributed by atoms with Gasteiger partial charge in [0.25, 0.3) is 0 Å². The number of carbonyl (C=O) groups is 2. The van der Waals surface area contributed by atoms with Crippen molar-refractivity contribution in [2.24, 2.45) is 0 Å². The van der Waals surface area contributed by atoms with Gasteiger partial charge < -0.3 is 20.4 Å². The molecule has 1 aliphatic rings. The maximum atomic E-state index is 12.2. The fourth-order valence-corrected chi connectivity index (χ4v) is 3.96. The van der Waals surface area contributed by atoms with E-state index in [1.54, 1.807) is 13.1 Å². The van der Waals surface area contributed by atoms with Crippen molar-refractivity contribution in [1.29, 1.82) is 0 Å². The van der Waals surface area contributed by atoms with Crippen LogP contribution in [0.4, 0.5) is 23.0 Å². The van der Waals surface area contributed by atoms with Crippen molar-refractivity contribution in [3.8, 4) is 0 Å². The maximum absolute atomic E-state index is 12.2. The number of nitrogens with zero attached hydrogens (tertiary/aromatic N) is 4. The third-order valence-electron chi connectivity index (χ3n) is 5.83. The first-order valence-corrected chi connectivity index (χ1v) is 11.5. The van der Waals surface area contributed by atoms with E-state index < -0.39 is 0 Å². The van der Waals surface area contributed by atoms with Gasteiger partial charge in [0.1, 0.15) is 0 Å². The van der Waals surface area contributed by atoms with Crippen LogP contribution < -0.4 is 15.5 Å². The number of hydrogen-bond acceptors (Lipinski definition) is 6. The first-order chi connectivity index (χ1) is 16.0. The monoisotopic (exact) mass is 446 g/mol. The van der Waals surface area contributed by atoms with Crippen molar-refractivity contribution in [2.75, 3.05) is 41.7 Å². The number of carbonyl (C=O) groups excluding carboxylic acids is 2. The van der Waals surface area contributed by atoms with Crippen molar-refractivity contribution in [2.45, 2.75) is 33.1 Å². The van der Waals surface area contributed by atoms with Gasteiger partial charge in [0.2, 0.25) is 17.8 Å². The molecule has 2 amide bonds. The Morgan fingerprint density at radius 3 is 2.61 bits per heavy atom. The molecule has 0 atom stereocenters. The molecule has 33 heavy (non-hydrogen) atoms. The Morgan fingerprint density at radius 2 is 1.85 bits per heavy atom. The fourth-order valence-electron chi connectivity index (χ4n) is 3.96. The summed E-state index contributed by atoms with van der Waals surface area (Å²) >= 11 is 0. The number of rotatable bonds is 7. The highest BCUT2D eigenvalue weighted by Crippen LogP contribution is 2.26. The van der Waals surface area contributed by atoms with Crippen LogP contribution in [0.5, 0.6) is 0 Å². The Balaban J connectivity index is 1.50. The molecule has 2 heterocycles. The van der Waals surface area contributed by atoms with Crippen LogP contribution in [0.3, 0.4) is 0 Å². The molecule has 8 nitrogen and oxygen atoms in total. The minimum atomic E-state index is -0.00459. The molecule has 1 aliphatic heterocycles. The fraction of sp³-hybridized carbons (Fsp3) is 0.360. The van der Waals surface area contributed by atoms with E-state index in [0.717, 1.165) is 55.8 Å². The summed E-state index contributed by atoms with van der Waals surface area (Å²) in [5.41, 5.74) is 3.37. The Bertz CT molecular complexity index is 1140. The second kappa shape index (κ2) is 10.3. The Morgan fingerprint density at radius 1 is 1.06 bits per heavy atom. The molecule has 1 aromatic heterocycles. The molecule has 1 saturated heterocycles. The normalized spacial score (nSPS) is 13.8. The molecule has 2 N–H and O–H groups in total. The average Bonchev–Trinajstić information content (AvgIpc) is 2.83. The summed E-state index contributed by atoms with van der Waals surface area (Å²) in [5, 5.41) is 7.14. The van der Waals surface area contributed by atoms with Crippen molar-refractivity contribution < 1.29 is 9.59 Å². The molecule has 3 aromatic rings. The molecule has 0 spiro atoms. The number of benzene rings is 2. The Labute approximate surface area is 194 Å². The molecule has 0 aliphatic carbocycles. The van der Waals surface area contributed by atoms with Crippen LogP contribution in [0.2, 0.25) is 0 Å². The molecule has 0 saturated carbocycles. The lowest BCUT2D eigenvalue weighted by Crippen LogP contribution is -2.48. The summed E-state index contributed by atoms with van der Waals surface area (Å²) in [4.78, 5) is 37.1. The lowest BCUT2D eigenvalue weighted by Gasteiger charge is -2.35. The van der Waals surface area contributed by atoms with Gasteiger partial charge in [0.05, 0.1) is 11.2 Å². The van der Waals surface area contributed by atoms with Crippen LogP contribution in [0.25, 0.3) is 10.9 Å². The van der Waals surface area contributed by atoms with E-state index in [1.165, 1.54) is 0 Å². The highest BCUT2D eigenvalue weighted by molar-refractivity contribution is 6.00. The molecule has 1 fully saturated rings. The van der Waals surface area contributed by atoms with Gasteiger partial charge >= 0.3 is 0 Å². The Hall–Kier alpha value is -3.68. The van der Waals surface area contributed by atoms with E-state index in [1.807, 2.05) is 35.2 Å². The molecule has 8 heteroatoms. The minimum Gasteiger partial charge on any atom is -0.368 e. The van der Waals surface area contributed by atoms with E-state index in [0.29, 0.717) is 23.6 Å². The van der Waals surface area contributed by atoms with Crippen molar-refractivity contribution in [3.63, 3.8) is 0 Å². The highest BCUT2D eigenvalue weighted by Gasteiger charge is 2.19. The first-order valence-electron chi connectivity index (χ1n) is 11.5. The van der Waals surface area contributed by atoms with Crippen molar-refractivity contribution >= 4 is 45.7 Å². The molecular formula is C25H30N6O2. The zero-order valence-electron chi connectivity index (χ0n) is 19.2. The topological polar surface area (TPSA) is 90.5 Å². The van der Waals surface area contributed by atoms with Gasteiger partial charge in [-0.05, 0) is 30.7 Å². The van der Waals surface area contributed by atoms with Gasteiger partial charge in [-0.3, -0.25) is 9.59 Å². The predicted molar refractivity (Wildman–Crippen MR) is 132 cm³/mol. The molecule has 0 unspecified atom stereocenters. The lowest BCUT2D eigenvalue weighted by molar-refractivity contribution is -0.129. The third kappa shape index (κ3) is 5.58. The summed E-state index contributed by atoms with van der Waals surface area (Å²) < 4.78 is 0. The number of unbranched alkanes of at least 4 members (excludes halogenated alkanes) is 1. The number of piperazine rings is 1. The van der Waals surface area contributed by atoms with E-state index in [4.69, 9.17) is 0 Å². The summed E-state index contributed by atoms with van der Waals surface area (Å²) in [6.45, 7) is 6.75. The summed E-state index contributed by atoms with van der Waals surface area (Å²) in [6, 6.07) is 13.8. The van der Waals surface area contributed by atoms with Gasteiger partial charge in [0, 0.05) is 62.5 Å². The van der Waals surface area contributed by atoms with Gasteiger partial charge in [-0.2, -0.15) is 0 Å². The van der Waals surface area contributed by atoms with Gasteiger partial charge in [-0.1, -0.05) is 31.5 Å². The predicted octanol–water partition coefficient (Wildman–Crippen LogP) is 4.17. The molecule has 2 aromatic carbocycles. The number of nitrogens with one attached hydrogen (secondary N) is 2. The Kier molecular flexibility index (Phi) is 7.02. The SMILES string of the molecule is CCCCC(=O)Nc1cccc2cnc(Nc3cccc(N4CCN(C(C)=O)CC4)c3)nc12. The number of hydrogen-bond donors (Lipinski definition) is 2. The van der Waals surface area contributed by atoms with Crippen LogP contribution in [-0.2, 0) is 9.59 Å². The van der Waals surface area contributed by atoms with Crippen LogP contribution in [0.15, 0.2) is 48.7 Å². The molecule has 172 valence electrons. The molecule has 0 radical (unpaired) electrons. The van der Waals surface area contributed by atoms with Gasteiger partial charge in [0.15, 0.2) is 0 Å². The zero-order chi connectivity index (χ0) is 23.2. The second-order valence-corrected chi connectivity index (χ2v) is 8.26. The van der Waals surface area contributed by atoms with Crippen LogP contribution in [0.1, 0.15) is 33.1 Å². The summed E-state index contributed by atoms with van der Waals surface area (Å²) in [6.07, 6.45) is 4.09. The van der Waals surface area contributed by atoms with Crippen LogP contribution >= 0.6 is 0 Å². The van der Waals surface area contributed by atoms with E-state index in [-0.39, 0.29) is 11.8 Å². The zero-order valence-corrected chi connectivity index (χ0v) is 19.2. The number of anilines is 4. The van der Waals surface area contributed by atoms with E-state index in [2.05, 4.69) is 44.6 Å². The van der Waals surface area contributed by atoms with Crippen molar-refractivity contribution in [1.82, 2.24) is 14.9 Å². The van der Waals surface area contributed by atoms with Gasteiger partial charge in [-0.15, -0.1) is 0 Å². The quantitative estimate of drug-likeness (QED) is 0.566. The third-order valence-corrected chi connectivity index (χ3v) is 5.83. The first kappa shape index (κ1) is 22.5. The average molecular weight is 447 g/mol. The van der Waals surface area contributed by atoms with Crippen molar-refractivity contribution in [3.05, 3.63) is 48.7 Å². The molecule has 4 rings (SSSR count). The summed E-state index contributed by atoms with van der Waals surface area (Å²) in [7, 11) is 0. The lowest BCUT2D eigenvalue weighted by atomic mass is 10.2. The number of aromatic nitrogens is 2.